The van der Waals surface area contributed by atoms with Gasteiger partial charge in [0.15, 0.2) is 14.6 Å². The number of carbonyl (C=O) groups excluding carboxylic acids is 2. The van der Waals surface area contributed by atoms with Gasteiger partial charge < -0.3 is 9.47 Å². The predicted octanol–water partition coefficient (Wildman–Crippen LogP) is 1.49. The largest absolute Gasteiger partial charge is 0.444 e. The van der Waals surface area contributed by atoms with Gasteiger partial charge in [0.2, 0.25) is 0 Å². The van der Waals surface area contributed by atoms with Gasteiger partial charge in [0.1, 0.15) is 6.10 Å². The first kappa shape index (κ1) is 23.7. The van der Waals surface area contributed by atoms with Crippen LogP contribution >= 0.6 is 0 Å². The number of methoxy groups -OCH3 is 1. The van der Waals surface area contributed by atoms with Crippen LogP contribution in [0.1, 0.15) is 31.7 Å². The first-order valence-electron chi connectivity index (χ1n) is 9.32. The molecule has 9 nitrogen and oxygen atoms in total. The van der Waals surface area contributed by atoms with Crippen LogP contribution in [0.5, 0.6) is 0 Å². The highest BCUT2D eigenvalue weighted by Crippen LogP contribution is 2.30. The Bertz CT molecular complexity index is 934. The first-order chi connectivity index (χ1) is 14.1. The maximum atomic E-state index is 12.3. The van der Waals surface area contributed by atoms with Gasteiger partial charge in [-0.05, 0) is 37.6 Å². The maximum absolute atomic E-state index is 12.3. The lowest BCUT2D eigenvalue weighted by Crippen LogP contribution is -2.51. The molecule has 1 aliphatic rings. The molecule has 0 saturated carbocycles. The molecule has 2 amide bonds. The fourth-order valence-electron chi connectivity index (χ4n) is 3.00. The molecule has 1 aliphatic heterocycles. The smallest absolute Gasteiger partial charge is 0.414 e. The minimum Gasteiger partial charge on any atom is -0.444 e. The van der Waals surface area contributed by atoms with Crippen molar-refractivity contribution in [1.29, 1.82) is 0 Å². The average Bonchev–Trinajstić information content (AvgIpc) is 3.06. The molecule has 30 heavy (non-hydrogen) atoms. The van der Waals surface area contributed by atoms with E-state index in [-0.39, 0.29) is 13.0 Å². The Labute approximate surface area is 176 Å². The summed E-state index contributed by atoms with van der Waals surface area (Å²) in [4.78, 5) is 25.6. The van der Waals surface area contributed by atoms with Gasteiger partial charge in [-0.25, -0.2) is 18.7 Å². The number of nitrogens with zero attached hydrogens (tertiary/aromatic N) is 1. The molecular formula is C20H26N2O7S. The van der Waals surface area contributed by atoms with Gasteiger partial charge in [-0.3, -0.25) is 14.9 Å². The molecule has 10 heteroatoms. The van der Waals surface area contributed by atoms with Crippen LogP contribution in [0.3, 0.4) is 0 Å². The van der Waals surface area contributed by atoms with Gasteiger partial charge in [0.05, 0.1) is 6.54 Å². The lowest BCUT2D eigenvalue weighted by molar-refractivity contribution is -0.132. The number of ether oxygens (including phenoxy) is 2. The molecule has 1 aromatic rings. The maximum Gasteiger partial charge on any atom is 0.414 e. The van der Waals surface area contributed by atoms with Crippen LogP contribution in [-0.4, -0.2) is 63.0 Å². The van der Waals surface area contributed by atoms with Crippen LogP contribution in [-0.2, 0) is 24.1 Å². The van der Waals surface area contributed by atoms with Gasteiger partial charge in [0.25, 0.3) is 5.91 Å². The first-order valence-corrected chi connectivity index (χ1v) is 11.2. The van der Waals surface area contributed by atoms with E-state index in [1.54, 1.807) is 31.4 Å². The number of benzene rings is 1. The standard InChI is InChI=1S/C20H26N2O7S/c1-20(18(23)21-25,30(3,26)27)13-17-14-22(19(24)29-17)16-10-8-15(9-11-16)7-5-4-6-12-28-2/h8-11,17,25H,4,6,12-14H2,1-3H3,(H,21,23). The van der Waals surface area contributed by atoms with Crippen molar-refractivity contribution in [2.75, 3.05) is 31.4 Å². The van der Waals surface area contributed by atoms with Crippen molar-refractivity contribution in [3.8, 4) is 11.8 Å². The van der Waals surface area contributed by atoms with Crippen molar-refractivity contribution in [2.45, 2.75) is 37.0 Å². The van der Waals surface area contributed by atoms with Crippen molar-refractivity contribution >= 4 is 27.5 Å². The van der Waals surface area contributed by atoms with E-state index in [1.807, 2.05) is 0 Å². The number of unbranched alkanes of at least 4 members (excludes halogenated alkanes) is 1. The summed E-state index contributed by atoms with van der Waals surface area (Å²) in [5.74, 6) is 5.00. The average molecular weight is 439 g/mol. The van der Waals surface area contributed by atoms with Crippen LogP contribution in [0.15, 0.2) is 24.3 Å². The second kappa shape index (κ2) is 9.93. The lowest BCUT2D eigenvalue weighted by Gasteiger charge is -2.26. The fourth-order valence-corrected chi connectivity index (χ4v) is 3.87. The molecule has 1 saturated heterocycles. The van der Waals surface area contributed by atoms with E-state index < -0.39 is 32.7 Å². The highest BCUT2D eigenvalue weighted by atomic mass is 32.2. The topological polar surface area (TPSA) is 122 Å². The Hall–Kier alpha value is -2.61. The summed E-state index contributed by atoms with van der Waals surface area (Å²) in [7, 11) is -2.25. The quantitative estimate of drug-likeness (QED) is 0.273. The number of rotatable bonds is 8. The second-order valence-corrected chi connectivity index (χ2v) is 9.65. The summed E-state index contributed by atoms with van der Waals surface area (Å²) >= 11 is 0. The zero-order chi connectivity index (χ0) is 22.4. The number of hydroxylamine groups is 1. The lowest BCUT2D eigenvalue weighted by atomic mass is 10.0. The summed E-state index contributed by atoms with van der Waals surface area (Å²) in [6.45, 7) is 1.92. The molecule has 2 N–H and O–H groups in total. The molecule has 2 unspecified atom stereocenters. The molecule has 0 radical (unpaired) electrons. The third-order valence-electron chi connectivity index (χ3n) is 4.95. The SMILES string of the molecule is COCCCC#Cc1ccc(N2CC(CC(C)(C(=O)NO)S(C)(=O)=O)OC2=O)cc1. The van der Waals surface area contributed by atoms with Crippen LogP contribution in [0.2, 0.25) is 0 Å². The van der Waals surface area contributed by atoms with Crippen molar-refractivity contribution in [2.24, 2.45) is 0 Å². The Morgan fingerprint density at radius 1 is 1.40 bits per heavy atom. The third kappa shape index (κ3) is 5.50. The van der Waals surface area contributed by atoms with Gasteiger partial charge >= 0.3 is 6.09 Å². The Morgan fingerprint density at radius 3 is 2.63 bits per heavy atom. The van der Waals surface area contributed by atoms with Crippen LogP contribution in [0.4, 0.5) is 10.5 Å². The van der Waals surface area contributed by atoms with E-state index in [2.05, 4.69) is 11.8 Å². The number of nitrogens with one attached hydrogen (secondary N) is 1. The molecular weight excluding hydrogens is 412 g/mol. The molecule has 1 aromatic carbocycles. The molecule has 0 aliphatic carbocycles. The van der Waals surface area contributed by atoms with E-state index in [4.69, 9.17) is 14.7 Å². The minimum absolute atomic E-state index is 0.0741. The number of cyclic esters (lactones) is 1. The Balaban J connectivity index is 2.07. The molecule has 0 spiro atoms. The van der Waals surface area contributed by atoms with Crippen LogP contribution in [0.25, 0.3) is 0 Å². The highest BCUT2D eigenvalue weighted by Gasteiger charge is 2.48. The summed E-state index contributed by atoms with van der Waals surface area (Å²) in [5.41, 5.74) is 2.75. The van der Waals surface area contributed by atoms with Crippen molar-refractivity contribution in [1.82, 2.24) is 5.48 Å². The Kier molecular flexibility index (Phi) is 7.83. The van der Waals surface area contributed by atoms with E-state index in [9.17, 15) is 18.0 Å². The van der Waals surface area contributed by atoms with Crippen LogP contribution in [0, 0.1) is 11.8 Å². The van der Waals surface area contributed by atoms with Crippen molar-refractivity contribution in [3.05, 3.63) is 29.8 Å². The number of carbonyl (C=O) groups is 2. The Morgan fingerprint density at radius 2 is 2.07 bits per heavy atom. The molecule has 2 rings (SSSR count). The zero-order valence-electron chi connectivity index (χ0n) is 17.2. The van der Waals surface area contributed by atoms with Crippen molar-refractivity contribution < 1.29 is 32.7 Å². The van der Waals surface area contributed by atoms with Gasteiger partial charge in [-0.15, -0.1) is 0 Å². The molecule has 1 fully saturated rings. The predicted molar refractivity (Wildman–Crippen MR) is 110 cm³/mol. The summed E-state index contributed by atoms with van der Waals surface area (Å²) in [6, 6.07) is 7.00. The zero-order valence-corrected chi connectivity index (χ0v) is 18.0. The number of anilines is 1. The highest BCUT2D eigenvalue weighted by molar-refractivity contribution is 7.92. The molecule has 2 atom stereocenters. The number of hydrogen-bond donors (Lipinski definition) is 2. The van der Waals surface area contributed by atoms with Crippen LogP contribution < -0.4 is 10.4 Å². The molecule has 164 valence electrons. The summed E-state index contributed by atoms with van der Waals surface area (Å²) in [5, 5.41) is 8.92. The normalized spacial score (nSPS) is 18.2. The summed E-state index contributed by atoms with van der Waals surface area (Å²) < 4.78 is 32.5. The number of hydrogen-bond acceptors (Lipinski definition) is 7. The fraction of sp³-hybridized carbons (Fsp3) is 0.500. The monoisotopic (exact) mass is 438 g/mol. The van der Waals surface area contributed by atoms with E-state index in [1.165, 1.54) is 17.3 Å². The number of sulfone groups is 1. The minimum atomic E-state index is -3.89. The van der Waals surface area contributed by atoms with E-state index >= 15 is 0 Å². The van der Waals surface area contributed by atoms with E-state index in [0.717, 1.165) is 24.7 Å². The van der Waals surface area contributed by atoms with E-state index in [0.29, 0.717) is 12.3 Å². The van der Waals surface area contributed by atoms with Gasteiger partial charge in [-0.2, -0.15) is 0 Å². The number of amides is 2. The third-order valence-corrected chi connectivity index (χ3v) is 6.94. The van der Waals surface area contributed by atoms with Gasteiger partial charge in [0, 0.05) is 44.1 Å². The molecule has 0 bridgehead atoms. The van der Waals surface area contributed by atoms with Gasteiger partial charge in [-0.1, -0.05) is 11.8 Å². The second-order valence-electron chi connectivity index (χ2n) is 7.21. The van der Waals surface area contributed by atoms with Crippen molar-refractivity contribution in [3.63, 3.8) is 0 Å². The summed E-state index contributed by atoms with van der Waals surface area (Å²) in [6.07, 6.45) is 0.699. The molecule has 1 heterocycles. The molecule has 0 aromatic heterocycles.